The van der Waals surface area contributed by atoms with Gasteiger partial charge in [0.05, 0.1) is 31.3 Å². The molecule has 1 fully saturated rings. The number of sulfonamides is 1. The number of rotatable bonds is 8. The van der Waals surface area contributed by atoms with Gasteiger partial charge in [-0.15, -0.1) is 0 Å². The van der Waals surface area contributed by atoms with Crippen molar-refractivity contribution in [3.63, 3.8) is 0 Å². The first-order chi connectivity index (χ1) is 15.3. The molecule has 0 unspecified atom stereocenters. The number of benzene rings is 2. The van der Waals surface area contributed by atoms with Crippen LogP contribution in [0.25, 0.3) is 0 Å². The van der Waals surface area contributed by atoms with Crippen molar-refractivity contribution in [2.45, 2.75) is 10.9 Å². The molecule has 0 spiro atoms. The van der Waals surface area contributed by atoms with Crippen LogP contribution in [0.4, 0.5) is 5.69 Å². The van der Waals surface area contributed by atoms with Gasteiger partial charge in [-0.25, -0.2) is 12.7 Å². The number of anilines is 1. The highest BCUT2D eigenvalue weighted by molar-refractivity contribution is 7.89. The molecule has 0 radical (unpaired) electrons. The van der Waals surface area contributed by atoms with Crippen molar-refractivity contribution < 1.29 is 17.9 Å². The summed E-state index contributed by atoms with van der Waals surface area (Å²) >= 11 is 5.49. The van der Waals surface area contributed by atoms with Gasteiger partial charge in [0.15, 0.2) is 5.11 Å². The zero-order valence-electron chi connectivity index (χ0n) is 18.6. The molecule has 3 rings (SSSR count). The molecule has 32 heavy (non-hydrogen) atoms. The highest BCUT2D eigenvalue weighted by atomic mass is 32.2. The van der Waals surface area contributed by atoms with Crippen LogP contribution in [-0.4, -0.2) is 76.8 Å². The molecule has 2 N–H and O–H groups in total. The quantitative estimate of drug-likeness (QED) is 0.560. The van der Waals surface area contributed by atoms with E-state index in [0.29, 0.717) is 30.6 Å². The van der Waals surface area contributed by atoms with Crippen LogP contribution in [-0.2, 0) is 14.8 Å². The maximum Gasteiger partial charge on any atom is 0.242 e. The molecule has 10 heteroatoms. The average Bonchev–Trinajstić information content (AvgIpc) is 2.80. The topological polar surface area (TPSA) is 83.1 Å². The van der Waals surface area contributed by atoms with Crippen molar-refractivity contribution in [1.29, 1.82) is 0 Å². The Morgan fingerprint density at radius 2 is 1.88 bits per heavy atom. The Bertz CT molecular complexity index is 1010. The number of hydrogen-bond donors (Lipinski definition) is 2. The minimum absolute atomic E-state index is 0.102. The minimum Gasteiger partial charge on any atom is -0.497 e. The van der Waals surface area contributed by atoms with E-state index in [1.165, 1.54) is 18.4 Å². The lowest BCUT2D eigenvalue weighted by Crippen LogP contribution is -2.44. The van der Waals surface area contributed by atoms with E-state index >= 15 is 0 Å². The van der Waals surface area contributed by atoms with E-state index in [-0.39, 0.29) is 10.9 Å². The van der Waals surface area contributed by atoms with Gasteiger partial charge in [0.2, 0.25) is 10.0 Å². The molecule has 0 bridgehead atoms. The van der Waals surface area contributed by atoms with Crippen LogP contribution >= 0.6 is 12.2 Å². The number of thiocarbonyl (C=S) groups is 1. The van der Waals surface area contributed by atoms with Crippen LogP contribution in [0.15, 0.2) is 53.4 Å². The number of morpholine rings is 1. The Kier molecular flexibility index (Phi) is 8.44. The third kappa shape index (κ3) is 6.17. The Morgan fingerprint density at radius 1 is 1.19 bits per heavy atom. The summed E-state index contributed by atoms with van der Waals surface area (Å²) in [4.78, 5) is 2.57. The standard InChI is InChI=1S/C22H30N4O4S2/c1-25(2)32(27,28)20-6-4-5-18(15-20)24-22(31)23-16-21(26-11-13-30-14-12-26)17-7-9-19(29-3)10-8-17/h4-10,15,21H,11-14,16H2,1-3H3,(H2,23,24,31)/t21-/m0/s1. The van der Waals surface area contributed by atoms with E-state index in [1.807, 2.05) is 12.1 Å². The van der Waals surface area contributed by atoms with E-state index in [9.17, 15) is 8.42 Å². The summed E-state index contributed by atoms with van der Waals surface area (Å²) < 4.78 is 36.8. The zero-order chi connectivity index (χ0) is 23.1. The maximum atomic E-state index is 12.4. The predicted molar refractivity (Wildman–Crippen MR) is 130 cm³/mol. The van der Waals surface area contributed by atoms with Crippen LogP contribution in [0.1, 0.15) is 11.6 Å². The second-order valence-electron chi connectivity index (χ2n) is 7.59. The molecule has 0 aliphatic carbocycles. The van der Waals surface area contributed by atoms with Crippen molar-refractivity contribution in [1.82, 2.24) is 14.5 Å². The lowest BCUT2D eigenvalue weighted by molar-refractivity contribution is 0.0170. The molecule has 1 saturated heterocycles. The molecule has 2 aromatic rings. The van der Waals surface area contributed by atoms with Gasteiger partial charge in [-0.1, -0.05) is 18.2 Å². The molecular weight excluding hydrogens is 448 g/mol. The summed E-state index contributed by atoms with van der Waals surface area (Å²) in [6, 6.07) is 14.7. The Balaban J connectivity index is 1.68. The highest BCUT2D eigenvalue weighted by Gasteiger charge is 2.23. The first kappa shape index (κ1) is 24.4. The Hall–Kier alpha value is -2.24. The molecule has 1 aliphatic heterocycles. The summed E-state index contributed by atoms with van der Waals surface area (Å²) in [6.45, 7) is 3.66. The summed E-state index contributed by atoms with van der Waals surface area (Å²) in [5, 5.41) is 6.81. The smallest absolute Gasteiger partial charge is 0.242 e. The van der Waals surface area contributed by atoms with Crippen LogP contribution in [0.3, 0.4) is 0 Å². The second-order valence-corrected chi connectivity index (χ2v) is 10.1. The van der Waals surface area contributed by atoms with Gasteiger partial charge in [0.1, 0.15) is 5.75 Å². The summed E-state index contributed by atoms with van der Waals surface area (Å²) in [5.74, 6) is 0.812. The van der Waals surface area contributed by atoms with Crippen LogP contribution < -0.4 is 15.4 Å². The monoisotopic (exact) mass is 478 g/mol. The first-order valence-electron chi connectivity index (χ1n) is 10.3. The van der Waals surface area contributed by atoms with Crippen LogP contribution in [0, 0.1) is 0 Å². The van der Waals surface area contributed by atoms with Crippen molar-refractivity contribution in [3.8, 4) is 5.75 Å². The Labute approximate surface area is 195 Å². The largest absolute Gasteiger partial charge is 0.497 e. The van der Waals surface area contributed by atoms with Gasteiger partial charge in [0.25, 0.3) is 0 Å². The molecule has 1 aliphatic rings. The fraction of sp³-hybridized carbons (Fsp3) is 0.409. The normalized spacial score (nSPS) is 15.9. The van der Waals surface area contributed by atoms with E-state index in [4.69, 9.17) is 21.7 Å². The molecule has 1 atom stereocenters. The molecule has 8 nitrogen and oxygen atoms in total. The molecular formula is C22H30N4O4S2. The number of hydrogen-bond acceptors (Lipinski definition) is 6. The lowest BCUT2D eigenvalue weighted by atomic mass is 10.0. The SMILES string of the molecule is COc1ccc([C@H](CNC(=S)Nc2cccc(S(=O)(=O)N(C)C)c2)N2CCOCC2)cc1. The van der Waals surface area contributed by atoms with Gasteiger partial charge in [0, 0.05) is 39.4 Å². The van der Waals surface area contributed by atoms with Gasteiger partial charge in [-0.05, 0) is 48.1 Å². The van der Waals surface area contributed by atoms with E-state index in [0.717, 1.165) is 24.4 Å². The number of methoxy groups -OCH3 is 1. The molecule has 0 aromatic heterocycles. The minimum atomic E-state index is -3.52. The molecule has 1 heterocycles. The average molecular weight is 479 g/mol. The second kappa shape index (κ2) is 11.1. The highest BCUT2D eigenvalue weighted by Crippen LogP contribution is 2.24. The van der Waals surface area contributed by atoms with Crippen molar-refractivity contribution in [2.75, 3.05) is 59.4 Å². The predicted octanol–water partition coefficient (Wildman–Crippen LogP) is 2.31. The molecule has 2 aromatic carbocycles. The summed E-state index contributed by atoms with van der Waals surface area (Å²) in [6.07, 6.45) is 0. The molecule has 0 saturated carbocycles. The van der Waals surface area contributed by atoms with Gasteiger partial charge in [-0.2, -0.15) is 0 Å². The number of nitrogens with zero attached hydrogens (tertiary/aromatic N) is 2. The molecule has 0 amide bonds. The van der Waals surface area contributed by atoms with Gasteiger partial charge in [-0.3, -0.25) is 4.90 Å². The lowest BCUT2D eigenvalue weighted by Gasteiger charge is -2.35. The van der Waals surface area contributed by atoms with Crippen molar-refractivity contribution in [3.05, 3.63) is 54.1 Å². The van der Waals surface area contributed by atoms with E-state index < -0.39 is 10.0 Å². The van der Waals surface area contributed by atoms with Crippen LogP contribution in [0.5, 0.6) is 5.75 Å². The summed E-state index contributed by atoms with van der Waals surface area (Å²) in [5.41, 5.74) is 1.76. The number of ether oxygens (including phenoxy) is 2. The first-order valence-corrected chi connectivity index (χ1v) is 12.2. The van der Waals surface area contributed by atoms with E-state index in [2.05, 4.69) is 27.7 Å². The van der Waals surface area contributed by atoms with Gasteiger partial charge < -0.3 is 20.1 Å². The third-order valence-electron chi connectivity index (χ3n) is 5.31. The molecule has 174 valence electrons. The third-order valence-corrected chi connectivity index (χ3v) is 7.37. The van der Waals surface area contributed by atoms with Crippen molar-refractivity contribution in [2.24, 2.45) is 0 Å². The fourth-order valence-corrected chi connectivity index (χ4v) is 4.63. The number of nitrogens with one attached hydrogen (secondary N) is 2. The van der Waals surface area contributed by atoms with Crippen molar-refractivity contribution >= 4 is 33.0 Å². The maximum absolute atomic E-state index is 12.4. The van der Waals surface area contributed by atoms with Crippen LogP contribution in [0.2, 0.25) is 0 Å². The fourth-order valence-electron chi connectivity index (χ4n) is 3.48. The summed E-state index contributed by atoms with van der Waals surface area (Å²) in [7, 11) is 1.15. The van der Waals surface area contributed by atoms with Gasteiger partial charge >= 0.3 is 0 Å². The van der Waals surface area contributed by atoms with E-state index in [1.54, 1.807) is 31.4 Å². The zero-order valence-corrected chi connectivity index (χ0v) is 20.2. The Morgan fingerprint density at radius 3 is 2.50 bits per heavy atom.